The van der Waals surface area contributed by atoms with Crippen LogP contribution in [0.4, 0.5) is 11.8 Å². The van der Waals surface area contributed by atoms with Gasteiger partial charge in [0.05, 0.1) is 39.4 Å². The molecule has 2 aliphatic rings. The van der Waals surface area contributed by atoms with Gasteiger partial charge >= 0.3 is 0 Å². The third kappa shape index (κ3) is 4.48. The fraction of sp³-hybridized carbons (Fsp3) is 0.600. The Morgan fingerprint density at radius 1 is 1.09 bits per heavy atom. The molecule has 0 unspecified atom stereocenters. The van der Waals surface area contributed by atoms with Crippen LogP contribution in [0.15, 0.2) is 12.3 Å². The molecule has 0 spiro atoms. The largest absolute Gasteiger partial charge is 0.390 e. The van der Waals surface area contributed by atoms with Gasteiger partial charge in [-0.15, -0.1) is 11.3 Å². The Bertz CT molecular complexity index is 1250. The number of hydrogen-bond acceptors (Lipinski definition) is 10. The lowest BCUT2D eigenvalue weighted by molar-refractivity contribution is -0.0601. The SMILES string of the molecule is Cc1nc(NC2(C)CCC2)nc(N[C@@H]2C[C@H](C(C)(C)O)[C@@H](O)[C@H]2O)c1-c1nc2c(C)nccc2s1. The van der Waals surface area contributed by atoms with E-state index >= 15 is 0 Å². The Hall–Kier alpha value is -2.40. The number of anilines is 2. The van der Waals surface area contributed by atoms with Crippen molar-refractivity contribution in [2.24, 2.45) is 5.92 Å². The second-order valence-electron chi connectivity index (χ2n) is 10.9. The van der Waals surface area contributed by atoms with E-state index in [0.717, 1.165) is 45.0 Å². The second kappa shape index (κ2) is 8.62. The van der Waals surface area contributed by atoms with Gasteiger partial charge in [0.1, 0.15) is 22.4 Å². The third-order valence-corrected chi connectivity index (χ3v) is 8.61. The minimum absolute atomic E-state index is 0.0288. The van der Waals surface area contributed by atoms with Crippen molar-refractivity contribution < 1.29 is 15.3 Å². The Kier molecular flexibility index (Phi) is 5.98. The molecular formula is C25H34N6O3S. The van der Waals surface area contributed by atoms with Crippen LogP contribution in [0.1, 0.15) is 57.8 Å². The minimum atomic E-state index is -1.12. The molecule has 0 amide bonds. The lowest BCUT2D eigenvalue weighted by Crippen LogP contribution is -2.42. The number of aryl methyl sites for hydroxylation is 2. The second-order valence-corrected chi connectivity index (χ2v) is 11.9. The number of hydrogen-bond donors (Lipinski definition) is 5. The average molecular weight is 499 g/mol. The van der Waals surface area contributed by atoms with Crippen LogP contribution in [0.2, 0.25) is 0 Å². The van der Waals surface area contributed by atoms with Gasteiger partial charge in [-0.1, -0.05) is 0 Å². The maximum atomic E-state index is 10.8. The molecule has 3 aromatic rings. The van der Waals surface area contributed by atoms with Gasteiger partial charge in [0.25, 0.3) is 0 Å². The Morgan fingerprint density at radius 2 is 1.83 bits per heavy atom. The highest BCUT2D eigenvalue weighted by molar-refractivity contribution is 7.21. The molecule has 35 heavy (non-hydrogen) atoms. The van der Waals surface area contributed by atoms with Crippen molar-refractivity contribution in [2.45, 2.75) is 89.7 Å². The number of thiazole rings is 1. The predicted molar refractivity (Wildman–Crippen MR) is 138 cm³/mol. The van der Waals surface area contributed by atoms with Crippen LogP contribution in [0, 0.1) is 19.8 Å². The molecular weight excluding hydrogens is 464 g/mol. The summed E-state index contributed by atoms with van der Waals surface area (Å²) in [4.78, 5) is 18.8. The predicted octanol–water partition coefficient (Wildman–Crippen LogP) is 3.41. The van der Waals surface area contributed by atoms with Gasteiger partial charge in [0.15, 0.2) is 0 Å². The first kappa shape index (κ1) is 24.3. The van der Waals surface area contributed by atoms with E-state index in [-0.39, 0.29) is 5.54 Å². The first-order valence-corrected chi connectivity index (χ1v) is 13.0. The minimum Gasteiger partial charge on any atom is -0.390 e. The van der Waals surface area contributed by atoms with Crippen LogP contribution < -0.4 is 10.6 Å². The molecule has 188 valence electrons. The molecule has 4 atom stereocenters. The zero-order valence-corrected chi connectivity index (χ0v) is 21.6. The molecule has 2 fully saturated rings. The first-order valence-electron chi connectivity index (χ1n) is 12.2. The lowest BCUT2D eigenvalue weighted by atomic mass is 9.79. The highest BCUT2D eigenvalue weighted by Crippen LogP contribution is 2.41. The third-order valence-electron chi connectivity index (χ3n) is 7.58. The van der Waals surface area contributed by atoms with Crippen molar-refractivity contribution in [3.8, 4) is 10.6 Å². The van der Waals surface area contributed by atoms with Crippen LogP contribution in [0.25, 0.3) is 20.8 Å². The van der Waals surface area contributed by atoms with Gasteiger partial charge in [-0.25, -0.2) is 9.97 Å². The zero-order chi connectivity index (χ0) is 25.1. The molecule has 9 nitrogen and oxygen atoms in total. The van der Waals surface area contributed by atoms with E-state index in [2.05, 4.69) is 22.5 Å². The average Bonchev–Trinajstić information content (AvgIpc) is 3.30. The number of nitrogens with zero attached hydrogens (tertiary/aromatic N) is 4. The summed E-state index contributed by atoms with van der Waals surface area (Å²) in [6.45, 7) is 9.37. The normalized spacial score (nSPS) is 26.1. The van der Waals surface area contributed by atoms with E-state index in [9.17, 15) is 15.3 Å². The Morgan fingerprint density at radius 3 is 2.43 bits per heavy atom. The van der Waals surface area contributed by atoms with Crippen LogP contribution in [-0.2, 0) is 0 Å². The molecule has 0 aromatic carbocycles. The molecule has 2 saturated carbocycles. The molecule has 10 heteroatoms. The number of aromatic nitrogens is 4. The topological polar surface area (TPSA) is 136 Å². The van der Waals surface area contributed by atoms with Gasteiger partial charge in [-0.2, -0.15) is 4.98 Å². The number of aliphatic hydroxyl groups excluding tert-OH is 2. The van der Waals surface area contributed by atoms with Gasteiger partial charge in [0, 0.05) is 17.7 Å². The number of aliphatic hydroxyl groups is 3. The first-order chi connectivity index (χ1) is 16.4. The molecule has 0 aliphatic heterocycles. The highest BCUT2D eigenvalue weighted by atomic mass is 32.1. The summed E-state index contributed by atoms with van der Waals surface area (Å²) in [6.07, 6.45) is 3.39. The maximum Gasteiger partial charge on any atom is 0.225 e. The summed E-state index contributed by atoms with van der Waals surface area (Å²) in [6, 6.07) is 1.46. The summed E-state index contributed by atoms with van der Waals surface area (Å²) in [5.74, 6) is 0.617. The Balaban J connectivity index is 1.56. The molecule has 5 N–H and O–H groups in total. The molecule has 0 saturated heterocycles. The molecule has 3 heterocycles. The summed E-state index contributed by atoms with van der Waals surface area (Å²) < 4.78 is 1.03. The van der Waals surface area contributed by atoms with E-state index in [1.54, 1.807) is 31.4 Å². The van der Waals surface area contributed by atoms with Crippen LogP contribution >= 0.6 is 11.3 Å². The Labute approximate surface area is 209 Å². The number of nitrogens with one attached hydrogen (secondary N) is 2. The van der Waals surface area contributed by atoms with E-state index in [1.165, 1.54) is 6.42 Å². The molecule has 0 bridgehead atoms. The fourth-order valence-electron chi connectivity index (χ4n) is 5.23. The molecule has 3 aromatic heterocycles. The van der Waals surface area contributed by atoms with Crippen molar-refractivity contribution >= 4 is 33.3 Å². The summed E-state index contributed by atoms with van der Waals surface area (Å²) in [5, 5.41) is 39.7. The standard InChI is InChI=1S/C25H34N6O3S/c1-12-17(22-29-18-13(2)26-10-7-16(18)35-22)21(30-23(27-12)31-25(5)8-6-9-25)28-15-11-14(24(3,4)34)19(32)20(15)33/h7,10,14-15,19-20,32-34H,6,8-9,11H2,1-5H3,(H2,27,28,30,31)/t14-,15+,19+,20-/m0/s1. The van der Waals surface area contributed by atoms with Crippen LogP contribution in [-0.4, -0.2) is 64.6 Å². The fourth-order valence-corrected chi connectivity index (χ4v) is 6.35. The van der Waals surface area contributed by atoms with E-state index in [0.29, 0.717) is 18.2 Å². The number of fused-ring (bicyclic) bond motifs is 1. The number of pyridine rings is 1. The monoisotopic (exact) mass is 498 g/mol. The van der Waals surface area contributed by atoms with Crippen LogP contribution in [0.5, 0.6) is 0 Å². The van der Waals surface area contributed by atoms with Gasteiger partial charge < -0.3 is 26.0 Å². The summed E-state index contributed by atoms with van der Waals surface area (Å²) in [7, 11) is 0. The lowest BCUT2D eigenvalue weighted by Gasteiger charge is -2.39. The smallest absolute Gasteiger partial charge is 0.225 e. The van der Waals surface area contributed by atoms with Crippen molar-refractivity contribution in [3.05, 3.63) is 23.7 Å². The van der Waals surface area contributed by atoms with Crippen molar-refractivity contribution in [3.63, 3.8) is 0 Å². The van der Waals surface area contributed by atoms with E-state index in [4.69, 9.17) is 15.0 Å². The molecule has 2 aliphatic carbocycles. The van der Waals surface area contributed by atoms with E-state index in [1.807, 2.05) is 19.9 Å². The van der Waals surface area contributed by atoms with Gasteiger partial charge in [-0.05, 0) is 66.4 Å². The molecule has 0 radical (unpaired) electrons. The van der Waals surface area contributed by atoms with Crippen molar-refractivity contribution in [2.75, 3.05) is 10.6 Å². The zero-order valence-electron chi connectivity index (χ0n) is 20.8. The summed E-state index contributed by atoms with van der Waals surface area (Å²) in [5.41, 5.74) is 2.09. The summed E-state index contributed by atoms with van der Waals surface area (Å²) >= 11 is 1.55. The quantitative estimate of drug-likeness (QED) is 0.346. The van der Waals surface area contributed by atoms with Gasteiger partial charge in [-0.3, -0.25) is 4.98 Å². The number of rotatable bonds is 6. The van der Waals surface area contributed by atoms with E-state index < -0.39 is 29.8 Å². The molecule has 5 rings (SSSR count). The van der Waals surface area contributed by atoms with Crippen molar-refractivity contribution in [1.82, 2.24) is 19.9 Å². The maximum absolute atomic E-state index is 10.8. The van der Waals surface area contributed by atoms with Crippen molar-refractivity contribution in [1.29, 1.82) is 0 Å². The highest BCUT2D eigenvalue weighted by Gasteiger charge is 2.48. The van der Waals surface area contributed by atoms with Crippen LogP contribution in [0.3, 0.4) is 0 Å². The van der Waals surface area contributed by atoms with Gasteiger partial charge in [0.2, 0.25) is 5.95 Å².